The molecule has 0 radical (unpaired) electrons. The van der Waals surface area contributed by atoms with Crippen LogP contribution in [0.5, 0.6) is 0 Å². The van der Waals surface area contributed by atoms with E-state index in [4.69, 9.17) is 0 Å². The lowest BCUT2D eigenvalue weighted by Gasteiger charge is -2.18. The van der Waals surface area contributed by atoms with Crippen LogP contribution >= 0.6 is 0 Å². The fraction of sp³-hybridized carbons (Fsp3) is 0.875. The van der Waals surface area contributed by atoms with E-state index in [0.717, 1.165) is 25.8 Å². The van der Waals surface area contributed by atoms with Crippen LogP contribution in [0.2, 0.25) is 0 Å². The molecule has 0 saturated carbocycles. The Hall–Kier alpha value is -0.570. The first kappa shape index (κ1) is 8.53. The number of carbonyl (C=O) groups is 1. The van der Waals surface area contributed by atoms with Gasteiger partial charge in [-0.3, -0.25) is 4.79 Å². The summed E-state index contributed by atoms with van der Waals surface area (Å²) in [6.07, 6.45) is 3.28. The van der Waals surface area contributed by atoms with Gasteiger partial charge in [0.05, 0.1) is 6.04 Å². The van der Waals surface area contributed by atoms with Crippen LogP contribution in [-0.4, -0.2) is 37.5 Å². The second-order valence-corrected chi connectivity index (χ2v) is 3.10. The monoisotopic (exact) mass is 156 g/mol. The normalized spacial score (nSPS) is 26.9. The molecule has 1 saturated heterocycles. The number of carbonyl (C=O) groups excluding carboxylic acids is 1. The molecule has 0 bridgehead atoms. The van der Waals surface area contributed by atoms with Crippen LogP contribution in [0.25, 0.3) is 0 Å². The second kappa shape index (κ2) is 3.72. The molecule has 0 unspecified atom stereocenters. The summed E-state index contributed by atoms with van der Waals surface area (Å²) >= 11 is 0. The zero-order valence-corrected chi connectivity index (χ0v) is 7.26. The largest absolute Gasteiger partial charge is 0.344 e. The van der Waals surface area contributed by atoms with Gasteiger partial charge in [0.1, 0.15) is 0 Å². The number of likely N-dealkylation sites (tertiary alicyclic amines) is 1. The van der Waals surface area contributed by atoms with Crippen LogP contribution in [0.15, 0.2) is 0 Å². The highest BCUT2D eigenvalue weighted by molar-refractivity contribution is 5.81. The minimum absolute atomic E-state index is 0.0579. The Kier molecular flexibility index (Phi) is 2.88. The molecule has 3 nitrogen and oxygen atoms in total. The first-order chi connectivity index (χ1) is 5.25. The highest BCUT2D eigenvalue weighted by Gasteiger charge is 2.22. The van der Waals surface area contributed by atoms with Gasteiger partial charge in [-0.15, -0.1) is 0 Å². The van der Waals surface area contributed by atoms with Crippen molar-refractivity contribution >= 4 is 5.91 Å². The predicted octanol–water partition coefficient (Wildman–Crippen LogP) is 0.217. The molecule has 1 amide bonds. The van der Waals surface area contributed by atoms with Crippen molar-refractivity contribution < 1.29 is 4.79 Å². The van der Waals surface area contributed by atoms with Crippen molar-refractivity contribution in [1.29, 1.82) is 0 Å². The van der Waals surface area contributed by atoms with Gasteiger partial charge in [-0.05, 0) is 26.3 Å². The molecule has 3 heteroatoms. The van der Waals surface area contributed by atoms with Crippen molar-refractivity contribution in [3.05, 3.63) is 0 Å². The molecule has 1 fully saturated rings. The average Bonchev–Trinajstić information content (AvgIpc) is 2.16. The van der Waals surface area contributed by atoms with Crippen molar-refractivity contribution in [2.45, 2.75) is 25.3 Å². The molecule has 11 heavy (non-hydrogen) atoms. The van der Waals surface area contributed by atoms with Crippen LogP contribution in [0, 0.1) is 0 Å². The van der Waals surface area contributed by atoms with Crippen molar-refractivity contribution in [1.82, 2.24) is 10.2 Å². The van der Waals surface area contributed by atoms with Gasteiger partial charge >= 0.3 is 0 Å². The molecule has 0 aliphatic carbocycles. The van der Waals surface area contributed by atoms with E-state index in [-0.39, 0.29) is 11.9 Å². The number of hydrogen-bond acceptors (Lipinski definition) is 2. The lowest BCUT2D eigenvalue weighted by molar-refractivity contribution is -0.131. The highest BCUT2D eigenvalue weighted by Crippen LogP contribution is 2.09. The van der Waals surface area contributed by atoms with Gasteiger partial charge in [-0.1, -0.05) is 0 Å². The fourth-order valence-electron chi connectivity index (χ4n) is 1.46. The summed E-state index contributed by atoms with van der Waals surface area (Å²) < 4.78 is 0. The van der Waals surface area contributed by atoms with E-state index in [1.807, 2.05) is 19.0 Å². The first-order valence-corrected chi connectivity index (χ1v) is 4.18. The summed E-state index contributed by atoms with van der Waals surface area (Å²) in [7, 11) is 3.72. The number of likely N-dealkylation sites (N-methyl/N-ethyl adjacent to an activating group) is 2. The molecule has 0 aromatic rings. The molecule has 0 spiro atoms. The minimum atomic E-state index is 0.0579. The highest BCUT2D eigenvalue weighted by atomic mass is 16.2. The Morgan fingerprint density at radius 2 is 2.27 bits per heavy atom. The zero-order valence-electron chi connectivity index (χ0n) is 7.26. The maximum atomic E-state index is 11.4. The van der Waals surface area contributed by atoms with E-state index < -0.39 is 0 Å². The van der Waals surface area contributed by atoms with Crippen molar-refractivity contribution in [2.75, 3.05) is 20.6 Å². The summed E-state index contributed by atoms with van der Waals surface area (Å²) in [5, 5.41) is 3.03. The molecule has 64 valence electrons. The number of nitrogens with zero attached hydrogens (tertiary/aromatic N) is 1. The lowest BCUT2D eigenvalue weighted by atomic mass is 10.1. The Morgan fingerprint density at radius 1 is 1.55 bits per heavy atom. The number of amides is 1. The van der Waals surface area contributed by atoms with Gasteiger partial charge in [-0.25, -0.2) is 0 Å². The lowest BCUT2D eigenvalue weighted by Crippen LogP contribution is -2.41. The third kappa shape index (κ3) is 1.93. The van der Waals surface area contributed by atoms with Gasteiger partial charge in [0, 0.05) is 13.6 Å². The molecular formula is C8H16N2O. The maximum absolute atomic E-state index is 11.4. The number of hydrogen-bond donors (Lipinski definition) is 1. The van der Waals surface area contributed by atoms with Gasteiger partial charge < -0.3 is 10.2 Å². The average molecular weight is 156 g/mol. The maximum Gasteiger partial charge on any atom is 0.239 e. The van der Waals surface area contributed by atoms with E-state index in [2.05, 4.69) is 5.32 Å². The zero-order chi connectivity index (χ0) is 8.27. The first-order valence-electron chi connectivity index (χ1n) is 4.18. The fourth-order valence-corrected chi connectivity index (χ4v) is 1.46. The standard InChI is InChI=1S/C8H16N2O/c1-9-7-5-3-4-6-10(2)8(7)11/h7,9H,3-6H2,1-2H3/t7-/m1/s1. The quantitative estimate of drug-likeness (QED) is 0.589. The molecule has 1 rings (SSSR count). The van der Waals surface area contributed by atoms with Gasteiger partial charge in [0.2, 0.25) is 5.91 Å². The third-order valence-electron chi connectivity index (χ3n) is 2.26. The van der Waals surface area contributed by atoms with E-state index in [1.54, 1.807) is 0 Å². The van der Waals surface area contributed by atoms with Crippen LogP contribution in [0.4, 0.5) is 0 Å². The van der Waals surface area contributed by atoms with E-state index in [0.29, 0.717) is 0 Å². The second-order valence-electron chi connectivity index (χ2n) is 3.10. The number of nitrogens with one attached hydrogen (secondary N) is 1. The van der Waals surface area contributed by atoms with Crippen LogP contribution in [-0.2, 0) is 4.79 Å². The van der Waals surface area contributed by atoms with Crippen molar-refractivity contribution in [2.24, 2.45) is 0 Å². The predicted molar refractivity (Wildman–Crippen MR) is 44.3 cm³/mol. The third-order valence-corrected chi connectivity index (χ3v) is 2.26. The molecule has 1 atom stereocenters. The van der Waals surface area contributed by atoms with Gasteiger partial charge in [0.25, 0.3) is 0 Å². The Morgan fingerprint density at radius 3 is 2.91 bits per heavy atom. The van der Waals surface area contributed by atoms with E-state index in [1.165, 1.54) is 0 Å². The smallest absolute Gasteiger partial charge is 0.239 e. The Bertz CT molecular complexity index is 147. The molecule has 1 heterocycles. The van der Waals surface area contributed by atoms with Crippen molar-refractivity contribution in [3.63, 3.8) is 0 Å². The summed E-state index contributed by atoms with van der Waals surface area (Å²) in [4.78, 5) is 13.3. The molecule has 0 aromatic heterocycles. The Balaban J connectivity index is 2.56. The molecule has 0 aromatic carbocycles. The summed E-state index contributed by atoms with van der Waals surface area (Å²) in [6, 6.07) is 0.0579. The summed E-state index contributed by atoms with van der Waals surface area (Å²) in [5.41, 5.74) is 0. The van der Waals surface area contributed by atoms with Crippen LogP contribution < -0.4 is 5.32 Å². The molecule has 1 aliphatic heterocycles. The van der Waals surface area contributed by atoms with Crippen LogP contribution in [0.1, 0.15) is 19.3 Å². The molecular weight excluding hydrogens is 140 g/mol. The van der Waals surface area contributed by atoms with Crippen molar-refractivity contribution in [3.8, 4) is 0 Å². The SMILES string of the molecule is CN[C@@H]1CCCCN(C)C1=O. The van der Waals surface area contributed by atoms with Crippen LogP contribution in [0.3, 0.4) is 0 Å². The Labute approximate surface area is 67.8 Å². The summed E-state index contributed by atoms with van der Waals surface area (Å²) in [6.45, 7) is 0.914. The number of rotatable bonds is 1. The molecule has 1 N–H and O–H groups in total. The molecule has 1 aliphatic rings. The van der Waals surface area contributed by atoms with E-state index in [9.17, 15) is 4.79 Å². The van der Waals surface area contributed by atoms with Gasteiger partial charge in [0.15, 0.2) is 0 Å². The van der Waals surface area contributed by atoms with E-state index >= 15 is 0 Å². The topological polar surface area (TPSA) is 32.3 Å². The minimum Gasteiger partial charge on any atom is -0.344 e. The van der Waals surface area contributed by atoms with Gasteiger partial charge in [-0.2, -0.15) is 0 Å². The summed E-state index contributed by atoms with van der Waals surface area (Å²) in [5.74, 6) is 0.241.